The number of hydrogen-bond acceptors (Lipinski definition) is 6. The maximum Gasteiger partial charge on any atom is 0.191 e. The smallest absolute Gasteiger partial charge is 0.191 e. The Kier molecular flexibility index (Phi) is 8.68. The number of aryl methyl sites for hydroxylation is 1. The monoisotopic (exact) mass is 498 g/mol. The molecule has 4 rings (SSSR count). The summed E-state index contributed by atoms with van der Waals surface area (Å²) < 4.78 is 8.04. The van der Waals surface area contributed by atoms with Crippen molar-refractivity contribution in [3.8, 4) is 17.1 Å². The van der Waals surface area contributed by atoms with Gasteiger partial charge in [-0.15, -0.1) is 10.2 Å². The third-order valence-electron chi connectivity index (χ3n) is 5.55. The van der Waals surface area contributed by atoms with E-state index >= 15 is 0 Å². The number of rotatable bonds is 11. The Balaban J connectivity index is 1.25. The molecule has 2 heterocycles. The van der Waals surface area contributed by atoms with Gasteiger partial charge in [0.05, 0.1) is 6.61 Å². The van der Waals surface area contributed by atoms with Gasteiger partial charge >= 0.3 is 0 Å². The summed E-state index contributed by atoms with van der Waals surface area (Å²) in [7, 11) is 0. The molecule has 0 atom stereocenters. The molecular weight excluding hydrogens is 468 g/mol. The van der Waals surface area contributed by atoms with E-state index in [4.69, 9.17) is 4.74 Å². The number of ketones is 1. The highest BCUT2D eigenvalue weighted by Gasteiger charge is 2.16. The molecule has 0 spiro atoms. The van der Waals surface area contributed by atoms with Gasteiger partial charge < -0.3 is 4.74 Å². The Bertz CT molecular complexity index is 1300. The van der Waals surface area contributed by atoms with Crippen LogP contribution in [0.4, 0.5) is 0 Å². The molecule has 0 saturated carbocycles. The lowest BCUT2D eigenvalue weighted by atomic mass is 10.1. The molecule has 0 radical (unpaired) electrons. The fourth-order valence-corrected chi connectivity index (χ4v) is 4.59. The van der Waals surface area contributed by atoms with Crippen molar-refractivity contribution < 1.29 is 9.53 Å². The van der Waals surface area contributed by atoms with Crippen LogP contribution in [0.25, 0.3) is 17.5 Å². The van der Waals surface area contributed by atoms with Crippen molar-refractivity contribution in [1.82, 2.24) is 19.7 Å². The Morgan fingerprint density at radius 1 is 1.00 bits per heavy atom. The largest absolute Gasteiger partial charge is 0.494 e. The lowest BCUT2D eigenvalue weighted by Crippen LogP contribution is -2.06. The van der Waals surface area contributed by atoms with E-state index in [0.717, 1.165) is 40.0 Å². The molecule has 7 heteroatoms. The topological polar surface area (TPSA) is 69.9 Å². The number of nitrogens with zero attached hydrogens (tertiary/aromatic N) is 4. The van der Waals surface area contributed by atoms with Gasteiger partial charge in [-0.3, -0.25) is 14.3 Å². The van der Waals surface area contributed by atoms with Crippen LogP contribution in [0.2, 0.25) is 0 Å². The Labute approximate surface area is 216 Å². The second-order valence-electron chi connectivity index (χ2n) is 8.69. The number of hydrogen-bond donors (Lipinski definition) is 0. The van der Waals surface area contributed by atoms with Gasteiger partial charge in [0.25, 0.3) is 0 Å². The molecule has 0 N–H and O–H groups in total. The molecule has 0 saturated heterocycles. The highest BCUT2D eigenvalue weighted by atomic mass is 32.2. The maximum atomic E-state index is 12.5. The van der Waals surface area contributed by atoms with Crippen LogP contribution in [0.3, 0.4) is 0 Å². The number of benzene rings is 2. The van der Waals surface area contributed by atoms with Gasteiger partial charge in [0, 0.05) is 35.3 Å². The van der Waals surface area contributed by atoms with Crippen LogP contribution in [0, 0.1) is 6.92 Å². The van der Waals surface area contributed by atoms with Gasteiger partial charge in [-0.2, -0.15) is 0 Å². The molecule has 0 bridgehead atoms. The first kappa shape index (κ1) is 25.4. The van der Waals surface area contributed by atoms with Crippen molar-refractivity contribution >= 4 is 23.6 Å². The summed E-state index contributed by atoms with van der Waals surface area (Å²) >= 11 is 1.68. The zero-order chi connectivity index (χ0) is 25.3. The zero-order valence-corrected chi connectivity index (χ0v) is 21.6. The lowest BCUT2D eigenvalue weighted by Gasteiger charge is -2.13. The second-order valence-corrected chi connectivity index (χ2v) is 9.75. The third-order valence-corrected chi connectivity index (χ3v) is 6.58. The van der Waals surface area contributed by atoms with Crippen molar-refractivity contribution in [3.05, 3.63) is 95.8 Å². The van der Waals surface area contributed by atoms with Crippen LogP contribution in [-0.2, 0) is 0 Å². The first-order valence-electron chi connectivity index (χ1n) is 12.0. The quantitative estimate of drug-likeness (QED) is 0.0993. The van der Waals surface area contributed by atoms with E-state index in [2.05, 4.69) is 33.6 Å². The predicted octanol–water partition coefficient (Wildman–Crippen LogP) is 6.69. The first-order chi connectivity index (χ1) is 17.5. The number of aromatic nitrogens is 4. The van der Waals surface area contributed by atoms with Gasteiger partial charge in [0.1, 0.15) is 5.75 Å². The molecule has 2 aromatic carbocycles. The van der Waals surface area contributed by atoms with Crippen LogP contribution < -0.4 is 4.74 Å². The minimum atomic E-state index is -0.0288. The Morgan fingerprint density at radius 2 is 1.72 bits per heavy atom. The number of carbonyl (C=O) groups excluding carboxylic acids is 1. The lowest BCUT2D eigenvalue weighted by molar-refractivity contribution is 0.104. The number of ether oxygens (including phenoxy) is 1. The summed E-state index contributed by atoms with van der Waals surface area (Å²) in [5, 5.41) is 9.72. The second kappa shape index (κ2) is 12.3. The van der Waals surface area contributed by atoms with Gasteiger partial charge in [-0.25, -0.2) is 0 Å². The highest BCUT2D eigenvalue weighted by Crippen LogP contribution is 2.27. The number of allylic oxidation sites excluding steroid dienone is 1. The molecule has 0 aliphatic heterocycles. The van der Waals surface area contributed by atoms with Gasteiger partial charge in [-0.05, 0) is 75.2 Å². The summed E-state index contributed by atoms with van der Waals surface area (Å²) in [5.74, 6) is 2.44. The van der Waals surface area contributed by atoms with Crippen molar-refractivity contribution in [1.29, 1.82) is 0 Å². The summed E-state index contributed by atoms with van der Waals surface area (Å²) in [6.45, 7) is 6.89. The van der Waals surface area contributed by atoms with Crippen molar-refractivity contribution in [3.63, 3.8) is 0 Å². The molecule has 2 aromatic heterocycles. The number of thioether (sulfide) groups is 1. The van der Waals surface area contributed by atoms with Crippen LogP contribution in [0.1, 0.15) is 47.8 Å². The van der Waals surface area contributed by atoms with Crippen LogP contribution in [0.5, 0.6) is 5.75 Å². The minimum Gasteiger partial charge on any atom is -0.494 e. The molecule has 6 nitrogen and oxygen atoms in total. The third kappa shape index (κ3) is 6.70. The van der Waals surface area contributed by atoms with Crippen molar-refractivity contribution in [2.24, 2.45) is 0 Å². The summed E-state index contributed by atoms with van der Waals surface area (Å²) in [4.78, 5) is 16.5. The fourth-order valence-electron chi connectivity index (χ4n) is 3.61. The molecular formula is C29H30N4O2S. The average Bonchev–Trinajstić information content (AvgIpc) is 3.33. The molecule has 0 aliphatic carbocycles. The average molecular weight is 499 g/mol. The van der Waals surface area contributed by atoms with E-state index in [1.807, 2.05) is 61.5 Å². The van der Waals surface area contributed by atoms with Crippen molar-refractivity contribution in [2.75, 3.05) is 12.4 Å². The maximum absolute atomic E-state index is 12.5. The molecule has 0 amide bonds. The first-order valence-corrected chi connectivity index (χ1v) is 13.0. The Morgan fingerprint density at radius 3 is 2.42 bits per heavy atom. The molecule has 0 unspecified atom stereocenters. The van der Waals surface area contributed by atoms with Gasteiger partial charge in [-0.1, -0.05) is 47.7 Å². The van der Waals surface area contributed by atoms with Crippen LogP contribution in [0.15, 0.2) is 84.3 Å². The summed E-state index contributed by atoms with van der Waals surface area (Å²) in [6.07, 6.45) is 7.84. The molecule has 4 aromatic rings. The molecule has 184 valence electrons. The van der Waals surface area contributed by atoms with Crippen LogP contribution in [-0.4, -0.2) is 37.9 Å². The Hall–Kier alpha value is -3.71. The summed E-state index contributed by atoms with van der Waals surface area (Å²) in [5.41, 5.74) is 3.85. The van der Waals surface area contributed by atoms with Gasteiger partial charge in [0.2, 0.25) is 0 Å². The number of carbonyl (C=O) groups is 1. The van der Waals surface area contributed by atoms with E-state index in [0.29, 0.717) is 12.2 Å². The SMILES string of the molecule is Cc1ccc(/C=C/C(=O)c2ccc(OCCCSc3nnc(-c4ccncc4)n3C(C)C)cc2)cc1. The van der Waals surface area contributed by atoms with Gasteiger partial charge in [0.15, 0.2) is 16.8 Å². The summed E-state index contributed by atoms with van der Waals surface area (Å²) in [6, 6.07) is 19.5. The van der Waals surface area contributed by atoms with E-state index < -0.39 is 0 Å². The van der Waals surface area contributed by atoms with E-state index in [1.54, 1.807) is 42.4 Å². The van der Waals surface area contributed by atoms with Crippen LogP contribution >= 0.6 is 11.8 Å². The normalized spacial score (nSPS) is 11.3. The molecule has 36 heavy (non-hydrogen) atoms. The predicted molar refractivity (Wildman–Crippen MR) is 145 cm³/mol. The molecule has 0 aliphatic rings. The van der Waals surface area contributed by atoms with Crippen molar-refractivity contribution in [2.45, 2.75) is 38.4 Å². The highest BCUT2D eigenvalue weighted by molar-refractivity contribution is 7.99. The van der Waals surface area contributed by atoms with E-state index in [1.165, 1.54) is 5.56 Å². The van der Waals surface area contributed by atoms with E-state index in [9.17, 15) is 4.79 Å². The zero-order valence-electron chi connectivity index (χ0n) is 20.8. The number of pyridine rings is 1. The fraction of sp³-hybridized carbons (Fsp3) is 0.241. The molecule has 0 fully saturated rings. The van der Waals surface area contributed by atoms with E-state index in [-0.39, 0.29) is 11.8 Å². The standard InChI is InChI=1S/C29H30N4O2S/c1-21(2)33-28(25-15-17-30-18-16-25)31-32-29(33)36-20-4-19-35-26-12-10-24(11-13-26)27(34)14-9-23-7-5-22(3)6-8-23/h5-18,21H,4,19-20H2,1-3H3/b14-9+. The minimum absolute atomic E-state index is 0.0288.